The molecule has 2 aliphatic heterocycles. The van der Waals surface area contributed by atoms with Crippen LogP contribution < -0.4 is 4.90 Å². The first-order valence-electron chi connectivity index (χ1n) is 7.62. The summed E-state index contributed by atoms with van der Waals surface area (Å²) in [5, 5.41) is 0.558. The minimum absolute atomic E-state index is 0.0529. The van der Waals surface area contributed by atoms with Gasteiger partial charge in [0.2, 0.25) is 5.91 Å². The molecular weight excluding hydrogens is 332 g/mol. The van der Waals surface area contributed by atoms with Crippen molar-refractivity contribution in [2.45, 2.75) is 38.0 Å². The number of carbonyl (C=O) groups excluding carboxylic acids is 1. The van der Waals surface area contributed by atoms with Crippen molar-refractivity contribution in [1.82, 2.24) is 0 Å². The third kappa shape index (κ3) is 3.30. The predicted octanol–water partition coefficient (Wildman–Crippen LogP) is 2.43. The lowest BCUT2D eigenvalue weighted by molar-refractivity contribution is -0.115. The highest BCUT2D eigenvalue weighted by molar-refractivity contribution is 8.16. The molecule has 23 heavy (non-hydrogen) atoms. The van der Waals surface area contributed by atoms with E-state index in [9.17, 15) is 13.2 Å². The molecule has 0 saturated carbocycles. The Balaban J connectivity index is 1.99. The van der Waals surface area contributed by atoms with Gasteiger partial charge in [-0.15, -0.1) is 0 Å². The third-order valence-electron chi connectivity index (χ3n) is 4.16. The molecule has 2 saturated heterocycles. The number of hydrogen-bond acceptors (Lipinski definition) is 4. The van der Waals surface area contributed by atoms with Crippen LogP contribution in [0.1, 0.15) is 32.3 Å². The molecule has 1 aromatic carbocycles. The maximum atomic E-state index is 11.9. The molecule has 0 N–H and O–H groups in total. The van der Waals surface area contributed by atoms with Gasteiger partial charge < -0.3 is 4.90 Å². The fourth-order valence-corrected chi connectivity index (χ4v) is 6.98. The molecule has 3 rings (SSSR count). The zero-order valence-electron chi connectivity index (χ0n) is 13.4. The van der Waals surface area contributed by atoms with Crippen molar-refractivity contribution in [2.75, 3.05) is 16.4 Å². The summed E-state index contributed by atoms with van der Waals surface area (Å²) < 4.78 is 23.9. The number of anilines is 1. The number of hydrogen-bond donors (Lipinski definition) is 0. The van der Waals surface area contributed by atoms with Crippen LogP contribution in [0.4, 0.5) is 5.69 Å². The van der Waals surface area contributed by atoms with Crippen LogP contribution in [0.5, 0.6) is 0 Å². The molecule has 1 amide bonds. The van der Waals surface area contributed by atoms with E-state index in [0.717, 1.165) is 5.69 Å². The highest BCUT2D eigenvalue weighted by Gasteiger charge is 2.49. The van der Waals surface area contributed by atoms with Gasteiger partial charge in [0.25, 0.3) is 0 Å². The molecule has 7 heteroatoms. The molecule has 2 atom stereocenters. The van der Waals surface area contributed by atoms with E-state index in [4.69, 9.17) is 0 Å². The summed E-state index contributed by atoms with van der Waals surface area (Å²) in [6, 6.07) is 7.92. The van der Waals surface area contributed by atoms with Crippen molar-refractivity contribution in [3.63, 3.8) is 0 Å². The van der Waals surface area contributed by atoms with Crippen LogP contribution in [0.3, 0.4) is 0 Å². The molecule has 5 nitrogen and oxygen atoms in total. The van der Waals surface area contributed by atoms with Crippen LogP contribution in [-0.4, -0.2) is 42.3 Å². The topological polar surface area (TPSA) is 66.8 Å². The number of thioether (sulfide) groups is 1. The van der Waals surface area contributed by atoms with E-state index in [-0.39, 0.29) is 28.7 Å². The summed E-state index contributed by atoms with van der Waals surface area (Å²) in [6.07, 6.45) is 0. The van der Waals surface area contributed by atoms with Gasteiger partial charge in [0.05, 0.1) is 17.5 Å². The average Bonchev–Trinajstić information content (AvgIpc) is 2.89. The van der Waals surface area contributed by atoms with Crippen LogP contribution in [0, 0.1) is 0 Å². The first-order chi connectivity index (χ1) is 10.8. The SMILES string of the molecule is CC(=O)N=C1S[C@H]2CS(=O)(=O)C[C@@H]2N1c1ccc(C(C)C)cc1. The number of amidine groups is 1. The van der Waals surface area contributed by atoms with Crippen LogP contribution in [0.15, 0.2) is 29.3 Å². The lowest BCUT2D eigenvalue weighted by atomic mass is 10.0. The van der Waals surface area contributed by atoms with E-state index in [1.165, 1.54) is 24.2 Å². The summed E-state index contributed by atoms with van der Waals surface area (Å²) in [5.74, 6) is 0.439. The molecule has 0 bridgehead atoms. The van der Waals surface area contributed by atoms with Gasteiger partial charge in [-0.2, -0.15) is 4.99 Å². The predicted molar refractivity (Wildman–Crippen MR) is 94.9 cm³/mol. The Hall–Kier alpha value is -1.34. The number of amides is 1. The Labute approximate surface area is 141 Å². The van der Waals surface area contributed by atoms with E-state index < -0.39 is 9.84 Å². The fourth-order valence-electron chi connectivity index (χ4n) is 3.02. The Morgan fingerprint density at radius 3 is 2.48 bits per heavy atom. The lowest BCUT2D eigenvalue weighted by Crippen LogP contribution is -2.37. The quantitative estimate of drug-likeness (QED) is 0.818. The van der Waals surface area contributed by atoms with E-state index >= 15 is 0 Å². The molecule has 0 aromatic heterocycles. The standard InChI is InChI=1S/C16H20N2O3S2/c1-10(2)12-4-6-13(7-5-12)18-14-8-23(20,21)9-15(14)22-16(18)17-11(3)19/h4-7,10,14-15H,8-9H2,1-3H3/t14-,15-/m0/s1. The minimum Gasteiger partial charge on any atom is -0.316 e. The van der Waals surface area contributed by atoms with E-state index in [0.29, 0.717) is 11.1 Å². The van der Waals surface area contributed by atoms with Crippen molar-refractivity contribution in [1.29, 1.82) is 0 Å². The van der Waals surface area contributed by atoms with Crippen molar-refractivity contribution < 1.29 is 13.2 Å². The Morgan fingerprint density at radius 1 is 1.26 bits per heavy atom. The second-order valence-electron chi connectivity index (χ2n) is 6.33. The van der Waals surface area contributed by atoms with Gasteiger partial charge in [0.1, 0.15) is 0 Å². The van der Waals surface area contributed by atoms with Gasteiger partial charge in [0, 0.05) is 17.9 Å². The number of rotatable bonds is 2. The molecule has 0 unspecified atom stereocenters. The molecule has 0 radical (unpaired) electrons. The number of sulfone groups is 1. The first-order valence-corrected chi connectivity index (χ1v) is 10.3. The number of benzene rings is 1. The van der Waals surface area contributed by atoms with Gasteiger partial charge in [0.15, 0.2) is 15.0 Å². The van der Waals surface area contributed by atoms with E-state index in [1.807, 2.05) is 29.2 Å². The summed E-state index contributed by atoms with van der Waals surface area (Å²) in [7, 11) is -3.02. The van der Waals surface area contributed by atoms with Gasteiger partial charge in [-0.05, 0) is 23.6 Å². The lowest BCUT2D eigenvalue weighted by Gasteiger charge is -2.24. The van der Waals surface area contributed by atoms with Gasteiger partial charge in [-0.25, -0.2) is 8.42 Å². The summed E-state index contributed by atoms with van der Waals surface area (Å²) >= 11 is 1.40. The van der Waals surface area contributed by atoms with Gasteiger partial charge in [-0.1, -0.05) is 37.7 Å². The van der Waals surface area contributed by atoms with Crippen molar-refractivity contribution in [3.05, 3.63) is 29.8 Å². The molecule has 2 aliphatic rings. The molecule has 0 spiro atoms. The zero-order chi connectivity index (χ0) is 16.8. The normalized spacial score (nSPS) is 27.7. The zero-order valence-corrected chi connectivity index (χ0v) is 15.0. The van der Waals surface area contributed by atoms with Crippen LogP contribution >= 0.6 is 11.8 Å². The molecule has 124 valence electrons. The molecule has 1 aromatic rings. The maximum Gasteiger partial charge on any atom is 0.244 e. The largest absolute Gasteiger partial charge is 0.316 e. The van der Waals surface area contributed by atoms with Gasteiger partial charge in [-0.3, -0.25) is 4.79 Å². The summed E-state index contributed by atoms with van der Waals surface area (Å²) in [4.78, 5) is 17.4. The first kappa shape index (κ1) is 16.5. The van der Waals surface area contributed by atoms with Gasteiger partial charge >= 0.3 is 0 Å². The number of fused-ring (bicyclic) bond motifs is 1. The molecule has 2 fully saturated rings. The van der Waals surface area contributed by atoms with Crippen LogP contribution in [0.2, 0.25) is 0 Å². The highest BCUT2D eigenvalue weighted by Crippen LogP contribution is 2.41. The second kappa shape index (κ2) is 5.94. The molecule has 2 heterocycles. The molecular formula is C16H20N2O3S2. The van der Waals surface area contributed by atoms with Crippen molar-refractivity contribution in [3.8, 4) is 0 Å². The second-order valence-corrected chi connectivity index (χ2v) is 9.69. The van der Waals surface area contributed by atoms with E-state index in [2.05, 4.69) is 18.8 Å². The Bertz CT molecular complexity index is 754. The Morgan fingerprint density at radius 2 is 1.91 bits per heavy atom. The smallest absolute Gasteiger partial charge is 0.244 e. The fraction of sp³-hybridized carbons (Fsp3) is 0.500. The summed E-state index contributed by atoms with van der Waals surface area (Å²) in [5.41, 5.74) is 2.12. The summed E-state index contributed by atoms with van der Waals surface area (Å²) in [6.45, 7) is 5.67. The van der Waals surface area contributed by atoms with Crippen molar-refractivity contribution >= 4 is 38.4 Å². The minimum atomic E-state index is -3.02. The van der Waals surface area contributed by atoms with Crippen LogP contribution in [-0.2, 0) is 14.6 Å². The van der Waals surface area contributed by atoms with Crippen molar-refractivity contribution in [2.24, 2.45) is 4.99 Å². The highest BCUT2D eigenvalue weighted by atomic mass is 32.2. The average molecular weight is 352 g/mol. The third-order valence-corrected chi connectivity index (χ3v) is 7.37. The number of nitrogens with zero attached hydrogens (tertiary/aromatic N) is 2. The monoisotopic (exact) mass is 352 g/mol. The maximum absolute atomic E-state index is 11.9. The van der Waals surface area contributed by atoms with Crippen LogP contribution in [0.25, 0.3) is 0 Å². The molecule has 0 aliphatic carbocycles. The number of aliphatic imine (C=N–C) groups is 1. The van der Waals surface area contributed by atoms with E-state index in [1.54, 1.807) is 0 Å². The Kier molecular flexibility index (Phi) is 4.27. The number of carbonyl (C=O) groups is 1.